The Morgan fingerprint density at radius 2 is 1.46 bits per heavy atom. The summed E-state index contributed by atoms with van der Waals surface area (Å²) in [5, 5.41) is 0. The zero-order valence-electron chi connectivity index (χ0n) is 15.5. The molecule has 0 spiro atoms. The van der Waals surface area contributed by atoms with Gasteiger partial charge in [0, 0.05) is 11.8 Å². The van der Waals surface area contributed by atoms with E-state index in [0.717, 1.165) is 32.1 Å². The van der Waals surface area contributed by atoms with Gasteiger partial charge in [0.1, 0.15) is 6.42 Å². The zero-order valence-corrected chi connectivity index (χ0v) is 15.5. The average molecular weight is 376 g/mol. The van der Waals surface area contributed by atoms with Crippen molar-refractivity contribution >= 4 is 11.9 Å². The maximum Gasteiger partial charge on any atom is 0.399 e. The fourth-order valence-electron chi connectivity index (χ4n) is 5.00. The number of rotatable bonds is 5. The Morgan fingerprint density at radius 1 is 0.962 bits per heavy atom. The van der Waals surface area contributed by atoms with Gasteiger partial charge in [0.15, 0.2) is 0 Å². The van der Waals surface area contributed by atoms with Crippen LogP contribution in [0.25, 0.3) is 0 Å². The molecule has 0 unspecified atom stereocenters. The van der Waals surface area contributed by atoms with E-state index in [9.17, 15) is 22.8 Å². The lowest BCUT2D eigenvalue weighted by Crippen LogP contribution is -2.62. The van der Waals surface area contributed by atoms with Crippen molar-refractivity contribution in [1.82, 2.24) is 0 Å². The number of hydrogen-bond donors (Lipinski definition) is 0. The standard InChI is InChI=1S/C19H27F3O4/c1-4-17(2,3)16(24)26-19(25-15(23)10-18(20,21)22)13-6-11-5-12(8-13)9-14(19)7-11/h11-14H,4-10H2,1-3H3. The highest BCUT2D eigenvalue weighted by Crippen LogP contribution is 2.60. The first-order chi connectivity index (χ1) is 11.9. The molecule has 4 fully saturated rings. The van der Waals surface area contributed by atoms with Crippen LogP contribution in [0.1, 0.15) is 65.7 Å². The predicted octanol–water partition coefficient (Wildman–Crippen LogP) is 4.61. The molecule has 0 N–H and O–H groups in total. The van der Waals surface area contributed by atoms with Crippen LogP contribution in [0.2, 0.25) is 0 Å². The highest BCUT2D eigenvalue weighted by atomic mass is 19.4. The number of halogens is 3. The summed E-state index contributed by atoms with van der Waals surface area (Å²) >= 11 is 0. The van der Waals surface area contributed by atoms with Crippen molar-refractivity contribution in [2.24, 2.45) is 29.1 Å². The van der Waals surface area contributed by atoms with Gasteiger partial charge in [0.2, 0.25) is 0 Å². The van der Waals surface area contributed by atoms with Gasteiger partial charge in [-0.15, -0.1) is 0 Å². The van der Waals surface area contributed by atoms with E-state index >= 15 is 0 Å². The number of hydrogen-bond acceptors (Lipinski definition) is 4. The van der Waals surface area contributed by atoms with Gasteiger partial charge < -0.3 is 9.47 Å². The normalized spacial score (nSPS) is 36.1. The number of carbonyl (C=O) groups is 2. The van der Waals surface area contributed by atoms with Crippen LogP contribution >= 0.6 is 0 Å². The summed E-state index contributed by atoms with van der Waals surface area (Å²) in [6.07, 6.45) is -1.68. The van der Waals surface area contributed by atoms with Gasteiger partial charge in [-0.2, -0.15) is 13.2 Å². The van der Waals surface area contributed by atoms with Crippen molar-refractivity contribution in [3.63, 3.8) is 0 Å². The largest absolute Gasteiger partial charge is 0.422 e. The van der Waals surface area contributed by atoms with Gasteiger partial charge in [0.05, 0.1) is 5.41 Å². The lowest BCUT2D eigenvalue weighted by Gasteiger charge is -2.58. The Bertz CT molecular complexity index is 554. The third kappa shape index (κ3) is 3.58. The summed E-state index contributed by atoms with van der Waals surface area (Å²) in [6, 6.07) is 0. The highest BCUT2D eigenvalue weighted by Gasteiger charge is 2.63. The van der Waals surface area contributed by atoms with Crippen LogP contribution in [0.4, 0.5) is 13.2 Å². The maximum atomic E-state index is 12.7. The fraction of sp³-hybridized carbons (Fsp3) is 0.895. The van der Waals surface area contributed by atoms with E-state index in [1.165, 1.54) is 0 Å². The molecule has 7 heteroatoms. The quantitative estimate of drug-likeness (QED) is 0.519. The molecule has 0 amide bonds. The molecule has 4 nitrogen and oxygen atoms in total. The molecule has 0 aromatic heterocycles. The molecule has 4 aliphatic carbocycles. The maximum absolute atomic E-state index is 12.7. The van der Waals surface area contributed by atoms with E-state index in [1.807, 2.05) is 6.92 Å². The first kappa shape index (κ1) is 19.5. The topological polar surface area (TPSA) is 52.6 Å². The number of esters is 2. The van der Waals surface area contributed by atoms with Gasteiger partial charge in [-0.3, -0.25) is 9.59 Å². The summed E-state index contributed by atoms with van der Waals surface area (Å²) in [7, 11) is 0. The van der Waals surface area contributed by atoms with Gasteiger partial charge in [0.25, 0.3) is 5.79 Å². The Labute approximate surface area is 151 Å². The van der Waals surface area contributed by atoms with Crippen LogP contribution in [-0.4, -0.2) is 23.9 Å². The molecule has 0 saturated heterocycles. The van der Waals surface area contributed by atoms with Crippen LogP contribution < -0.4 is 0 Å². The molecule has 0 aromatic rings. The van der Waals surface area contributed by atoms with Crippen molar-refractivity contribution in [1.29, 1.82) is 0 Å². The predicted molar refractivity (Wildman–Crippen MR) is 86.7 cm³/mol. The smallest absolute Gasteiger partial charge is 0.399 e. The summed E-state index contributed by atoms with van der Waals surface area (Å²) in [6.45, 7) is 5.31. The molecule has 0 aliphatic heterocycles. The molecule has 0 aromatic carbocycles. The number of carbonyl (C=O) groups excluding carboxylic acids is 2. The molecular weight excluding hydrogens is 349 g/mol. The van der Waals surface area contributed by atoms with E-state index in [2.05, 4.69) is 0 Å². The van der Waals surface area contributed by atoms with Crippen LogP contribution in [0.5, 0.6) is 0 Å². The zero-order chi connectivity index (χ0) is 19.3. The van der Waals surface area contributed by atoms with Crippen molar-refractivity contribution in [2.75, 3.05) is 0 Å². The van der Waals surface area contributed by atoms with Gasteiger partial charge in [-0.05, 0) is 64.2 Å². The molecular formula is C19H27F3O4. The van der Waals surface area contributed by atoms with Gasteiger partial charge in [-0.1, -0.05) is 6.92 Å². The SMILES string of the molecule is CCC(C)(C)C(=O)OC1(OC(=O)CC(F)(F)F)C2CC3CC(C2)CC1C3. The molecule has 148 valence electrons. The molecule has 4 saturated carbocycles. The Hall–Kier alpha value is -1.27. The van der Waals surface area contributed by atoms with E-state index in [-0.39, 0.29) is 11.8 Å². The minimum atomic E-state index is -4.64. The lowest BCUT2D eigenvalue weighted by molar-refractivity contribution is -0.315. The van der Waals surface area contributed by atoms with Crippen molar-refractivity contribution in [3.8, 4) is 0 Å². The fourth-order valence-corrected chi connectivity index (χ4v) is 5.00. The van der Waals surface area contributed by atoms with Crippen molar-refractivity contribution in [3.05, 3.63) is 0 Å². The molecule has 0 atom stereocenters. The Kier molecular flexibility index (Phi) is 4.81. The summed E-state index contributed by atoms with van der Waals surface area (Å²) in [5.74, 6) is -2.81. The molecule has 0 heterocycles. The van der Waals surface area contributed by atoms with Crippen LogP contribution in [0.15, 0.2) is 0 Å². The molecule has 4 rings (SSSR count). The van der Waals surface area contributed by atoms with Crippen LogP contribution in [0, 0.1) is 29.1 Å². The second-order valence-electron chi connectivity index (χ2n) is 8.92. The molecule has 26 heavy (non-hydrogen) atoms. The van der Waals surface area contributed by atoms with Crippen molar-refractivity contribution in [2.45, 2.75) is 77.7 Å². The molecule has 4 aliphatic rings. The molecule has 4 bridgehead atoms. The third-order valence-electron chi connectivity index (χ3n) is 6.58. The summed E-state index contributed by atoms with van der Waals surface area (Å²) in [5.41, 5.74) is -0.780. The number of ether oxygens (including phenoxy) is 2. The van der Waals surface area contributed by atoms with E-state index in [1.54, 1.807) is 13.8 Å². The van der Waals surface area contributed by atoms with Crippen LogP contribution in [0.3, 0.4) is 0 Å². The summed E-state index contributed by atoms with van der Waals surface area (Å²) in [4.78, 5) is 24.7. The van der Waals surface area contributed by atoms with Gasteiger partial charge >= 0.3 is 18.1 Å². The molecule has 0 radical (unpaired) electrons. The van der Waals surface area contributed by atoms with Crippen molar-refractivity contribution < 1.29 is 32.2 Å². The highest BCUT2D eigenvalue weighted by molar-refractivity contribution is 5.77. The minimum Gasteiger partial charge on any atom is -0.422 e. The number of alkyl halides is 3. The average Bonchev–Trinajstić information content (AvgIpc) is 2.49. The monoisotopic (exact) mass is 376 g/mol. The summed E-state index contributed by atoms with van der Waals surface area (Å²) < 4.78 is 49.1. The Balaban J connectivity index is 1.87. The van der Waals surface area contributed by atoms with Crippen LogP contribution in [-0.2, 0) is 19.1 Å². The second kappa shape index (κ2) is 6.41. The van der Waals surface area contributed by atoms with E-state index < -0.39 is 35.7 Å². The van der Waals surface area contributed by atoms with Gasteiger partial charge in [-0.25, -0.2) is 0 Å². The Morgan fingerprint density at radius 3 is 1.88 bits per heavy atom. The van der Waals surface area contributed by atoms with E-state index in [4.69, 9.17) is 9.47 Å². The third-order valence-corrected chi connectivity index (χ3v) is 6.58. The minimum absolute atomic E-state index is 0.201. The van der Waals surface area contributed by atoms with E-state index in [0.29, 0.717) is 18.3 Å². The lowest BCUT2D eigenvalue weighted by atomic mass is 9.53. The first-order valence-corrected chi connectivity index (χ1v) is 9.47. The first-order valence-electron chi connectivity index (χ1n) is 9.47. The second-order valence-corrected chi connectivity index (χ2v) is 8.92.